The molecule has 0 saturated heterocycles. The molecule has 3 nitrogen and oxygen atoms in total. The zero-order valence-corrected chi connectivity index (χ0v) is 10.3. The summed E-state index contributed by atoms with van der Waals surface area (Å²) in [5.74, 6) is -0.134. The highest BCUT2D eigenvalue weighted by atomic mass is 16.5. The molecular weight excluding hydrogens is 216 g/mol. The fraction of sp³-hybridized carbons (Fsp3) is 0.500. The molecule has 1 N–H and O–H groups in total. The molecule has 0 bridgehead atoms. The lowest BCUT2D eigenvalue weighted by atomic mass is 10.0. The fourth-order valence-electron chi connectivity index (χ4n) is 2.35. The normalized spacial score (nSPS) is 18.0. The molecule has 1 aromatic carbocycles. The number of carboxylic acids is 1. The number of carboxylic acid groups (broad SMARTS) is 1. The van der Waals surface area contributed by atoms with Crippen molar-refractivity contribution in [3.63, 3.8) is 0 Å². The SMILES string of the molecule is Cc1cccc(OC2(C(=O)O)CCCC2)c1C. The average Bonchev–Trinajstić information content (AvgIpc) is 2.75. The van der Waals surface area contributed by atoms with Crippen LogP contribution in [0.1, 0.15) is 36.8 Å². The second-order valence-electron chi connectivity index (χ2n) is 4.81. The first-order valence-electron chi connectivity index (χ1n) is 6.04. The summed E-state index contributed by atoms with van der Waals surface area (Å²) < 4.78 is 5.84. The molecule has 0 amide bonds. The Morgan fingerprint density at radius 1 is 1.29 bits per heavy atom. The van der Waals surface area contributed by atoms with Crippen LogP contribution in [-0.4, -0.2) is 16.7 Å². The van der Waals surface area contributed by atoms with Crippen molar-refractivity contribution < 1.29 is 14.6 Å². The minimum Gasteiger partial charge on any atom is -0.478 e. The van der Waals surface area contributed by atoms with Crippen molar-refractivity contribution in [2.24, 2.45) is 0 Å². The molecule has 1 aliphatic carbocycles. The third kappa shape index (κ3) is 2.14. The molecule has 17 heavy (non-hydrogen) atoms. The molecule has 0 atom stereocenters. The number of benzene rings is 1. The highest BCUT2D eigenvalue weighted by molar-refractivity contribution is 5.78. The zero-order chi connectivity index (χ0) is 12.5. The van der Waals surface area contributed by atoms with Crippen molar-refractivity contribution >= 4 is 5.97 Å². The smallest absolute Gasteiger partial charge is 0.348 e. The molecule has 0 aromatic heterocycles. The van der Waals surface area contributed by atoms with E-state index in [1.165, 1.54) is 0 Å². The number of aliphatic carboxylic acids is 1. The number of hydrogen-bond donors (Lipinski definition) is 1. The van der Waals surface area contributed by atoms with Crippen LogP contribution in [0.15, 0.2) is 18.2 Å². The number of hydrogen-bond acceptors (Lipinski definition) is 2. The van der Waals surface area contributed by atoms with Crippen LogP contribution in [0, 0.1) is 13.8 Å². The third-order valence-electron chi connectivity index (χ3n) is 3.66. The van der Waals surface area contributed by atoms with Gasteiger partial charge in [0.15, 0.2) is 0 Å². The van der Waals surface area contributed by atoms with E-state index in [0.29, 0.717) is 18.6 Å². The Hall–Kier alpha value is -1.51. The molecule has 3 heteroatoms. The van der Waals surface area contributed by atoms with Gasteiger partial charge < -0.3 is 9.84 Å². The quantitative estimate of drug-likeness (QED) is 0.874. The molecule has 1 aromatic rings. The zero-order valence-electron chi connectivity index (χ0n) is 10.3. The number of ether oxygens (including phenoxy) is 1. The summed E-state index contributed by atoms with van der Waals surface area (Å²) in [6.07, 6.45) is 3.07. The van der Waals surface area contributed by atoms with Gasteiger partial charge in [0.05, 0.1) is 0 Å². The van der Waals surface area contributed by atoms with Gasteiger partial charge in [-0.15, -0.1) is 0 Å². The van der Waals surface area contributed by atoms with Crippen LogP contribution in [0.25, 0.3) is 0 Å². The molecule has 0 radical (unpaired) electrons. The Labute approximate surface area is 101 Å². The van der Waals surface area contributed by atoms with Gasteiger partial charge in [-0.3, -0.25) is 0 Å². The van der Waals surface area contributed by atoms with Crippen LogP contribution in [-0.2, 0) is 4.79 Å². The predicted octanol–water partition coefficient (Wildman–Crippen LogP) is 3.08. The van der Waals surface area contributed by atoms with Gasteiger partial charge in [0.1, 0.15) is 5.75 Å². The molecule has 2 rings (SSSR count). The Bertz CT molecular complexity index is 431. The van der Waals surface area contributed by atoms with Crippen molar-refractivity contribution in [1.82, 2.24) is 0 Å². The van der Waals surface area contributed by atoms with Crippen LogP contribution in [0.3, 0.4) is 0 Å². The van der Waals surface area contributed by atoms with Crippen LogP contribution < -0.4 is 4.74 Å². The van der Waals surface area contributed by atoms with E-state index in [0.717, 1.165) is 24.0 Å². The van der Waals surface area contributed by atoms with Crippen molar-refractivity contribution in [2.75, 3.05) is 0 Å². The van der Waals surface area contributed by atoms with Crippen LogP contribution >= 0.6 is 0 Å². The van der Waals surface area contributed by atoms with Gasteiger partial charge in [0, 0.05) is 0 Å². The maximum absolute atomic E-state index is 11.4. The van der Waals surface area contributed by atoms with E-state index < -0.39 is 11.6 Å². The Morgan fingerprint density at radius 3 is 2.53 bits per heavy atom. The van der Waals surface area contributed by atoms with Gasteiger partial charge in [0.25, 0.3) is 0 Å². The molecule has 92 valence electrons. The van der Waals surface area contributed by atoms with Gasteiger partial charge in [0.2, 0.25) is 5.60 Å². The van der Waals surface area contributed by atoms with Gasteiger partial charge in [-0.1, -0.05) is 12.1 Å². The first-order valence-corrected chi connectivity index (χ1v) is 6.04. The predicted molar refractivity (Wildman–Crippen MR) is 65.4 cm³/mol. The van der Waals surface area contributed by atoms with Gasteiger partial charge in [-0.25, -0.2) is 4.79 Å². The summed E-state index contributed by atoms with van der Waals surface area (Å²) >= 11 is 0. The third-order valence-corrected chi connectivity index (χ3v) is 3.66. The highest BCUT2D eigenvalue weighted by Gasteiger charge is 2.44. The van der Waals surface area contributed by atoms with E-state index in [-0.39, 0.29) is 0 Å². The molecular formula is C14H18O3. The van der Waals surface area contributed by atoms with Gasteiger partial charge in [-0.2, -0.15) is 0 Å². The number of aryl methyl sites for hydroxylation is 1. The molecule has 1 fully saturated rings. The van der Waals surface area contributed by atoms with E-state index in [1.807, 2.05) is 32.0 Å². The van der Waals surface area contributed by atoms with E-state index in [9.17, 15) is 9.90 Å². The van der Waals surface area contributed by atoms with Crippen LogP contribution in [0.4, 0.5) is 0 Å². The van der Waals surface area contributed by atoms with Gasteiger partial charge >= 0.3 is 5.97 Å². The fourth-order valence-corrected chi connectivity index (χ4v) is 2.35. The first-order chi connectivity index (χ1) is 8.05. The maximum atomic E-state index is 11.4. The standard InChI is InChI=1S/C14H18O3/c1-10-6-5-7-12(11(10)2)17-14(13(15)16)8-3-4-9-14/h5-7H,3-4,8-9H2,1-2H3,(H,15,16). The Morgan fingerprint density at radius 2 is 1.94 bits per heavy atom. The minimum absolute atomic E-state index is 0.607. The average molecular weight is 234 g/mol. The summed E-state index contributed by atoms with van der Waals surface area (Å²) in [4.78, 5) is 11.4. The van der Waals surface area contributed by atoms with Crippen LogP contribution in [0.5, 0.6) is 5.75 Å². The summed E-state index contributed by atoms with van der Waals surface area (Å²) in [5.41, 5.74) is 1.15. The van der Waals surface area contributed by atoms with Crippen molar-refractivity contribution in [1.29, 1.82) is 0 Å². The summed E-state index contributed by atoms with van der Waals surface area (Å²) in [6.45, 7) is 3.97. The van der Waals surface area contributed by atoms with Crippen LogP contribution in [0.2, 0.25) is 0 Å². The lowest BCUT2D eigenvalue weighted by Gasteiger charge is -2.26. The molecule has 0 spiro atoms. The lowest BCUT2D eigenvalue weighted by Crippen LogP contribution is -2.41. The number of carbonyl (C=O) groups is 1. The second kappa shape index (κ2) is 4.40. The van der Waals surface area contributed by atoms with Gasteiger partial charge in [-0.05, 0) is 56.7 Å². The molecule has 0 unspecified atom stereocenters. The maximum Gasteiger partial charge on any atom is 0.348 e. The Kier molecular flexibility index (Phi) is 3.09. The van der Waals surface area contributed by atoms with Crippen molar-refractivity contribution in [3.05, 3.63) is 29.3 Å². The summed E-state index contributed by atoms with van der Waals surface area (Å²) in [7, 11) is 0. The van der Waals surface area contributed by atoms with E-state index in [2.05, 4.69) is 0 Å². The molecule has 0 heterocycles. The summed E-state index contributed by atoms with van der Waals surface area (Å²) in [5, 5.41) is 9.36. The van der Waals surface area contributed by atoms with E-state index >= 15 is 0 Å². The largest absolute Gasteiger partial charge is 0.478 e. The van der Waals surface area contributed by atoms with E-state index in [1.54, 1.807) is 0 Å². The van der Waals surface area contributed by atoms with Crippen molar-refractivity contribution in [2.45, 2.75) is 45.1 Å². The minimum atomic E-state index is -1.00. The van der Waals surface area contributed by atoms with E-state index in [4.69, 9.17) is 4.74 Å². The van der Waals surface area contributed by atoms with Crippen molar-refractivity contribution in [3.8, 4) is 5.75 Å². The molecule has 1 aliphatic rings. The topological polar surface area (TPSA) is 46.5 Å². The Balaban J connectivity index is 2.30. The monoisotopic (exact) mass is 234 g/mol. The second-order valence-corrected chi connectivity index (χ2v) is 4.81. The number of rotatable bonds is 3. The highest BCUT2D eigenvalue weighted by Crippen LogP contribution is 2.36. The lowest BCUT2D eigenvalue weighted by molar-refractivity contribution is -0.154. The summed E-state index contributed by atoms with van der Waals surface area (Å²) in [6, 6.07) is 5.76. The first kappa shape index (κ1) is 12.0. The molecule has 0 aliphatic heterocycles. The molecule has 1 saturated carbocycles.